The van der Waals surface area contributed by atoms with Crippen LogP contribution in [0.25, 0.3) is 0 Å². The van der Waals surface area contributed by atoms with Gasteiger partial charge in [-0.15, -0.1) is 5.10 Å². The summed E-state index contributed by atoms with van der Waals surface area (Å²) in [6, 6.07) is 13.6. The molecule has 114 valence electrons. The van der Waals surface area contributed by atoms with E-state index >= 15 is 0 Å². The highest BCUT2D eigenvalue weighted by Crippen LogP contribution is 2.20. The Morgan fingerprint density at radius 2 is 1.86 bits per heavy atom. The molecule has 0 aliphatic rings. The van der Waals surface area contributed by atoms with Crippen LogP contribution < -0.4 is 5.73 Å². The average molecular weight is 313 g/mol. The molecule has 0 aliphatic carbocycles. The van der Waals surface area contributed by atoms with Crippen molar-refractivity contribution in [3.63, 3.8) is 0 Å². The zero-order chi connectivity index (χ0) is 15.9. The van der Waals surface area contributed by atoms with Gasteiger partial charge >= 0.3 is 0 Å². The second-order valence-electron chi connectivity index (χ2n) is 4.95. The third kappa shape index (κ3) is 4.63. The number of aromatic hydroxyl groups is 1. The second-order valence-corrected chi connectivity index (χ2v) is 5.95. The summed E-state index contributed by atoms with van der Waals surface area (Å²) in [6.45, 7) is 3.94. The summed E-state index contributed by atoms with van der Waals surface area (Å²) in [6.07, 6.45) is 1.51. The van der Waals surface area contributed by atoms with E-state index in [9.17, 15) is 5.11 Å². The van der Waals surface area contributed by atoms with Gasteiger partial charge < -0.3 is 10.8 Å². The third-order valence-corrected chi connectivity index (χ3v) is 4.08. The monoisotopic (exact) mass is 313 g/mol. The number of aryl methyl sites for hydroxylation is 2. The van der Waals surface area contributed by atoms with Gasteiger partial charge in [-0.05, 0) is 42.7 Å². The molecule has 4 nitrogen and oxygen atoms in total. The SMILES string of the molecule is Cc1cc(O)c(C=NN=C(N)SCc2ccccc2)cc1C. The third-order valence-electron chi connectivity index (χ3n) is 3.23. The number of hydrogen-bond acceptors (Lipinski definition) is 4. The van der Waals surface area contributed by atoms with Crippen LogP contribution in [-0.2, 0) is 5.75 Å². The zero-order valence-corrected chi connectivity index (χ0v) is 13.5. The van der Waals surface area contributed by atoms with Crippen molar-refractivity contribution in [1.82, 2.24) is 0 Å². The standard InChI is InChI=1S/C17H19N3OS/c1-12-8-15(16(21)9-13(12)2)10-19-20-17(18)22-11-14-6-4-3-5-7-14/h3-10,21H,11H2,1-2H3,(H2,18,20). The highest BCUT2D eigenvalue weighted by atomic mass is 32.2. The molecule has 5 heteroatoms. The van der Waals surface area contributed by atoms with Gasteiger partial charge in [0.15, 0.2) is 5.17 Å². The molecule has 0 saturated heterocycles. The molecule has 2 aromatic carbocycles. The summed E-state index contributed by atoms with van der Waals surface area (Å²) in [4.78, 5) is 0. The normalized spacial score (nSPS) is 12.0. The number of nitrogens with zero attached hydrogens (tertiary/aromatic N) is 2. The maximum absolute atomic E-state index is 9.86. The van der Waals surface area contributed by atoms with Crippen molar-refractivity contribution in [1.29, 1.82) is 0 Å². The Bertz CT molecular complexity index is 697. The van der Waals surface area contributed by atoms with Gasteiger partial charge in [0.05, 0.1) is 6.21 Å². The minimum atomic E-state index is 0.192. The topological polar surface area (TPSA) is 71.0 Å². The Morgan fingerprint density at radius 3 is 2.59 bits per heavy atom. The zero-order valence-electron chi connectivity index (χ0n) is 12.7. The number of phenols is 1. The first-order valence-electron chi connectivity index (χ1n) is 6.89. The number of amidine groups is 1. The summed E-state index contributed by atoms with van der Waals surface area (Å²) >= 11 is 1.43. The predicted molar refractivity (Wildman–Crippen MR) is 94.5 cm³/mol. The minimum Gasteiger partial charge on any atom is -0.507 e. The molecule has 2 aromatic rings. The van der Waals surface area contributed by atoms with E-state index < -0.39 is 0 Å². The Kier molecular flexibility index (Phi) is 5.61. The van der Waals surface area contributed by atoms with Gasteiger partial charge in [-0.25, -0.2) is 0 Å². The summed E-state index contributed by atoms with van der Waals surface area (Å²) in [5, 5.41) is 18.1. The molecule has 0 aliphatic heterocycles. The van der Waals surface area contributed by atoms with Crippen LogP contribution >= 0.6 is 11.8 Å². The Morgan fingerprint density at radius 1 is 1.18 bits per heavy atom. The fourth-order valence-corrected chi connectivity index (χ4v) is 2.45. The highest BCUT2D eigenvalue weighted by Gasteiger charge is 2.01. The number of phenolic OH excluding ortho intramolecular Hbond substituents is 1. The fourth-order valence-electron chi connectivity index (χ4n) is 1.84. The molecular weight excluding hydrogens is 294 g/mol. The van der Waals surface area contributed by atoms with Crippen LogP contribution in [0.5, 0.6) is 5.75 Å². The number of benzene rings is 2. The number of hydrogen-bond donors (Lipinski definition) is 2. The van der Waals surface area contributed by atoms with Gasteiger partial charge in [-0.2, -0.15) is 5.10 Å². The number of rotatable bonds is 4. The van der Waals surface area contributed by atoms with Gasteiger partial charge in [-0.3, -0.25) is 0 Å². The Labute approximate surface area is 134 Å². The van der Waals surface area contributed by atoms with Crippen molar-refractivity contribution in [3.8, 4) is 5.75 Å². The molecule has 0 atom stereocenters. The van der Waals surface area contributed by atoms with Crippen LogP contribution in [0.15, 0.2) is 52.7 Å². The first kappa shape index (κ1) is 16.1. The van der Waals surface area contributed by atoms with E-state index in [4.69, 9.17) is 5.73 Å². The summed E-state index contributed by atoms with van der Waals surface area (Å²) < 4.78 is 0. The Balaban J connectivity index is 1.97. The predicted octanol–water partition coefficient (Wildman–Crippen LogP) is 3.59. The van der Waals surface area contributed by atoms with Crippen molar-refractivity contribution in [2.45, 2.75) is 19.6 Å². The lowest BCUT2D eigenvalue weighted by Gasteiger charge is -2.03. The molecule has 22 heavy (non-hydrogen) atoms. The molecule has 0 spiro atoms. The molecule has 0 fully saturated rings. The molecule has 3 N–H and O–H groups in total. The van der Waals surface area contributed by atoms with E-state index in [-0.39, 0.29) is 5.75 Å². The summed E-state index contributed by atoms with van der Waals surface area (Å²) in [5.74, 6) is 0.943. The molecular formula is C17H19N3OS. The maximum atomic E-state index is 9.86. The van der Waals surface area contributed by atoms with Crippen LogP contribution in [0, 0.1) is 13.8 Å². The van der Waals surface area contributed by atoms with Gasteiger partial charge in [0.1, 0.15) is 5.75 Å². The lowest BCUT2D eigenvalue weighted by atomic mass is 10.1. The van der Waals surface area contributed by atoms with Crippen molar-refractivity contribution in [3.05, 3.63) is 64.7 Å². The van der Waals surface area contributed by atoms with Crippen LogP contribution in [0.3, 0.4) is 0 Å². The smallest absolute Gasteiger partial charge is 0.180 e. The van der Waals surface area contributed by atoms with Crippen LogP contribution in [0.2, 0.25) is 0 Å². The second kappa shape index (κ2) is 7.66. The van der Waals surface area contributed by atoms with Gasteiger partial charge in [0.25, 0.3) is 0 Å². The van der Waals surface area contributed by atoms with Gasteiger partial charge in [-0.1, -0.05) is 42.1 Å². The van der Waals surface area contributed by atoms with E-state index in [1.165, 1.54) is 23.5 Å². The molecule has 2 rings (SSSR count). The lowest BCUT2D eigenvalue weighted by molar-refractivity contribution is 0.474. The molecule has 0 heterocycles. The molecule has 0 unspecified atom stereocenters. The van der Waals surface area contributed by atoms with E-state index in [0.717, 1.165) is 16.9 Å². The molecule has 0 bridgehead atoms. The first-order valence-corrected chi connectivity index (χ1v) is 7.88. The van der Waals surface area contributed by atoms with Gasteiger partial charge in [0.2, 0.25) is 0 Å². The van der Waals surface area contributed by atoms with Crippen molar-refractivity contribution in [2.75, 3.05) is 0 Å². The summed E-state index contributed by atoms with van der Waals surface area (Å²) in [5.41, 5.74) is 9.76. The van der Waals surface area contributed by atoms with Crippen LogP contribution in [-0.4, -0.2) is 16.5 Å². The highest BCUT2D eigenvalue weighted by molar-refractivity contribution is 8.13. The van der Waals surface area contributed by atoms with Crippen molar-refractivity contribution in [2.24, 2.45) is 15.9 Å². The molecule has 0 aromatic heterocycles. The van der Waals surface area contributed by atoms with E-state index in [2.05, 4.69) is 10.2 Å². The Hall–Kier alpha value is -2.27. The average Bonchev–Trinajstić information content (AvgIpc) is 2.51. The summed E-state index contributed by atoms with van der Waals surface area (Å²) in [7, 11) is 0. The maximum Gasteiger partial charge on any atom is 0.180 e. The lowest BCUT2D eigenvalue weighted by Crippen LogP contribution is -2.06. The number of thioether (sulfide) groups is 1. The van der Waals surface area contributed by atoms with Crippen molar-refractivity contribution >= 4 is 23.1 Å². The first-order chi connectivity index (χ1) is 10.6. The van der Waals surface area contributed by atoms with Crippen LogP contribution in [0.1, 0.15) is 22.3 Å². The quantitative estimate of drug-likeness (QED) is 0.515. The van der Waals surface area contributed by atoms with E-state index in [1.54, 1.807) is 6.07 Å². The molecule has 0 saturated carbocycles. The molecule has 0 radical (unpaired) electrons. The van der Waals surface area contributed by atoms with Gasteiger partial charge in [0, 0.05) is 11.3 Å². The fraction of sp³-hybridized carbons (Fsp3) is 0.176. The van der Waals surface area contributed by atoms with Crippen molar-refractivity contribution < 1.29 is 5.11 Å². The van der Waals surface area contributed by atoms with E-state index in [0.29, 0.717) is 10.7 Å². The van der Waals surface area contributed by atoms with E-state index in [1.807, 2.05) is 50.2 Å². The van der Waals surface area contributed by atoms with Crippen LogP contribution in [0.4, 0.5) is 0 Å². The minimum absolute atomic E-state index is 0.192. The largest absolute Gasteiger partial charge is 0.507 e. The molecule has 0 amide bonds. The number of nitrogens with two attached hydrogens (primary N) is 1.